The van der Waals surface area contributed by atoms with Gasteiger partial charge in [0.05, 0.1) is 13.1 Å². The van der Waals surface area contributed by atoms with Gasteiger partial charge in [0.15, 0.2) is 0 Å². The Morgan fingerprint density at radius 3 is 1.10 bits per heavy atom. The predicted octanol–water partition coefficient (Wildman–Crippen LogP) is 6.61. The number of nitrogens with zero attached hydrogens (tertiary/aromatic N) is 4. The van der Waals surface area contributed by atoms with E-state index in [2.05, 4.69) is 160 Å². The molecule has 0 aliphatic carbocycles. The van der Waals surface area contributed by atoms with Crippen molar-refractivity contribution in [3.8, 4) is 0 Å². The summed E-state index contributed by atoms with van der Waals surface area (Å²) in [6.45, 7) is 43.1. The van der Waals surface area contributed by atoms with Gasteiger partial charge in [-0.3, -0.25) is 19.2 Å². The van der Waals surface area contributed by atoms with Crippen LogP contribution >= 0.6 is 0 Å². The fraction of sp³-hybridized carbons (Fsp3) is 0.927. The third kappa shape index (κ3) is 22.2. The third-order valence-electron chi connectivity index (χ3n) is 14.9. The number of hydrogen-bond donors (Lipinski definition) is 6. The van der Waals surface area contributed by atoms with Crippen molar-refractivity contribution < 1.29 is 19.2 Å². The number of unbranched alkanes of at least 4 members (excludes halogenated alkanes) is 3. The fourth-order valence-corrected chi connectivity index (χ4v) is 13.6. The van der Waals surface area contributed by atoms with Crippen LogP contribution in [0, 0.1) is 0 Å². The standard InChI is InChI=1S/C29H58N6O2.C26H50N4O2/c1-22(36)20-30-12-13-31-21-25(37)35(24-18-28(6,7)33-29(8,9)19-24)15-11-14-34(10)23-16-26(2,3)32-27(4,5)17-23;1-23(2)15-21(16-24(3,4)27-23)29(19-31)13-11-9-10-12-14-30(20-32)22-17-25(5,6)28-26(7,8)18-22/h23-24,30-33H,11-21H2,1-10H3;19-22,27-28H,9-18H2,1-8H3. The Hall–Kier alpha value is -2.20. The van der Waals surface area contributed by atoms with Crippen LogP contribution in [0.5, 0.6) is 0 Å². The number of piperidine rings is 4. The molecule has 4 aliphatic rings. The minimum atomic E-state index is -0.0158. The molecule has 0 atom stereocenters. The summed E-state index contributed by atoms with van der Waals surface area (Å²) in [5.74, 6) is 0.303. The third-order valence-corrected chi connectivity index (χ3v) is 14.9. The summed E-state index contributed by atoms with van der Waals surface area (Å²) >= 11 is 0. The minimum absolute atomic E-state index is 0.0158. The number of carbonyl (C=O) groups excluding carboxylic acids is 4. The van der Waals surface area contributed by atoms with Crippen LogP contribution < -0.4 is 31.9 Å². The number of rotatable bonds is 24. The quantitative estimate of drug-likeness (QED) is 0.0458. The molecule has 0 aromatic carbocycles. The zero-order valence-electron chi connectivity index (χ0n) is 47.7. The summed E-state index contributed by atoms with van der Waals surface area (Å²) in [6.07, 6.45) is 15.5. The highest BCUT2D eigenvalue weighted by atomic mass is 16.2. The van der Waals surface area contributed by atoms with Gasteiger partial charge >= 0.3 is 0 Å². The van der Waals surface area contributed by atoms with E-state index < -0.39 is 0 Å². The maximum atomic E-state index is 13.5. The summed E-state index contributed by atoms with van der Waals surface area (Å²) in [6, 6.07) is 1.36. The smallest absolute Gasteiger partial charge is 0.236 e. The normalized spacial score (nSPS) is 23.9. The molecule has 6 N–H and O–H groups in total. The molecule has 0 saturated carbocycles. The molecule has 0 radical (unpaired) electrons. The molecule has 0 aromatic rings. The highest BCUT2D eigenvalue weighted by Gasteiger charge is 2.43. The highest BCUT2D eigenvalue weighted by molar-refractivity contribution is 5.78. The SMILES string of the molecule is CC(=O)CNCCNCC(=O)N(CCCN(C)C1CC(C)(C)NC(C)(C)C1)C1CC(C)(C)NC(C)(C)C1.CC1(C)CC(N(C=O)CCCCCCN(C=O)C2CC(C)(C)NC(C)(C)C2)CC(C)(C)N1. The van der Waals surface area contributed by atoms with Crippen molar-refractivity contribution in [1.82, 2.24) is 51.5 Å². The lowest BCUT2D eigenvalue weighted by Gasteiger charge is -2.50. The average molecular weight is 974 g/mol. The Bertz CT molecular complexity index is 1510. The van der Waals surface area contributed by atoms with Crippen LogP contribution in [0.2, 0.25) is 0 Å². The summed E-state index contributed by atoms with van der Waals surface area (Å²) in [5, 5.41) is 21.3. The van der Waals surface area contributed by atoms with Gasteiger partial charge in [0.2, 0.25) is 18.7 Å². The number of nitrogens with one attached hydrogen (secondary N) is 6. The second-order valence-electron chi connectivity index (χ2n) is 27.4. The summed E-state index contributed by atoms with van der Waals surface area (Å²) < 4.78 is 0. The maximum absolute atomic E-state index is 13.5. The van der Waals surface area contributed by atoms with E-state index in [1.165, 1.54) is 0 Å². The van der Waals surface area contributed by atoms with Crippen LogP contribution in [0.4, 0.5) is 0 Å². The van der Waals surface area contributed by atoms with Crippen LogP contribution in [0.3, 0.4) is 0 Å². The molecule has 4 heterocycles. The van der Waals surface area contributed by atoms with Crippen LogP contribution in [0.25, 0.3) is 0 Å². The van der Waals surface area contributed by atoms with E-state index >= 15 is 0 Å². The van der Waals surface area contributed by atoms with Gasteiger partial charge < -0.3 is 51.5 Å². The van der Waals surface area contributed by atoms with E-state index in [0.29, 0.717) is 44.3 Å². The van der Waals surface area contributed by atoms with E-state index in [1.54, 1.807) is 6.92 Å². The largest absolute Gasteiger partial charge is 0.342 e. The molecule has 3 amide bonds. The molecule has 402 valence electrons. The first-order valence-corrected chi connectivity index (χ1v) is 27.1. The van der Waals surface area contributed by atoms with Crippen molar-refractivity contribution in [3.63, 3.8) is 0 Å². The number of ketones is 1. The van der Waals surface area contributed by atoms with Gasteiger partial charge in [-0.15, -0.1) is 0 Å². The second kappa shape index (κ2) is 25.2. The molecular weight excluding hydrogens is 865 g/mol. The number of Topliss-reactive ketones (excluding diaryl/α,β-unsaturated/α-hetero) is 1. The average Bonchev–Trinajstić information content (AvgIpc) is 3.14. The Morgan fingerprint density at radius 1 is 0.449 bits per heavy atom. The van der Waals surface area contributed by atoms with Crippen molar-refractivity contribution in [1.29, 1.82) is 0 Å². The van der Waals surface area contributed by atoms with Crippen molar-refractivity contribution in [2.75, 3.05) is 59.4 Å². The zero-order valence-corrected chi connectivity index (χ0v) is 47.7. The van der Waals surface area contributed by atoms with Gasteiger partial charge in [-0.2, -0.15) is 0 Å². The summed E-state index contributed by atoms with van der Waals surface area (Å²) in [4.78, 5) is 57.0. The molecule has 4 fully saturated rings. The van der Waals surface area contributed by atoms with Crippen molar-refractivity contribution in [3.05, 3.63) is 0 Å². The van der Waals surface area contributed by atoms with Crippen LogP contribution in [0.1, 0.15) is 201 Å². The number of carbonyl (C=O) groups is 4. The summed E-state index contributed by atoms with van der Waals surface area (Å²) in [5.41, 5.74) is 0.400. The molecule has 0 bridgehead atoms. The van der Waals surface area contributed by atoms with Gasteiger partial charge in [-0.1, -0.05) is 12.8 Å². The molecule has 14 heteroatoms. The van der Waals surface area contributed by atoms with Gasteiger partial charge in [0.25, 0.3) is 0 Å². The van der Waals surface area contributed by atoms with Crippen molar-refractivity contribution in [2.45, 2.75) is 270 Å². The molecule has 4 aliphatic heterocycles. The monoisotopic (exact) mass is 973 g/mol. The van der Waals surface area contributed by atoms with E-state index in [4.69, 9.17) is 0 Å². The predicted molar refractivity (Wildman–Crippen MR) is 287 cm³/mol. The molecule has 4 saturated heterocycles. The Kier molecular flexibility index (Phi) is 22.3. The molecular formula is C55H108N10O4. The van der Waals surface area contributed by atoms with Gasteiger partial charge in [-0.25, -0.2) is 0 Å². The first kappa shape index (κ1) is 61.1. The first-order valence-electron chi connectivity index (χ1n) is 27.1. The molecule has 14 nitrogen and oxygen atoms in total. The molecule has 0 spiro atoms. The highest BCUT2D eigenvalue weighted by Crippen LogP contribution is 2.35. The van der Waals surface area contributed by atoms with Gasteiger partial charge in [-0.05, 0) is 202 Å². The van der Waals surface area contributed by atoms with Crippen molar-refractivity contribution in [2.24, 2.45) is 0 Å². The fourth-order valence-electron chi connectivity index (χ4n) is 13.6. The molecule has 4 rings (SSSR count). The first-order chi connectivity index (χ1) is 31.6. The van der Waals surface area contributed by atoms with Crippen LogP contribution in [-0.4, -0.2) is 172 Å². The molecule has 0 unspecified atom stereocenters. The molecule has 69 heavy (non-hydrogen) atoms. The lowest BCUT2D eigenvalue weighted by atomic mass is 9.78. The van der Waals surface area contributed by atoms with E-state index in [9.17, 15) is 19.2 Å². The van der Waals surface area contributed by atoms with E-state index in [-0.39, 0.29) is 62.0 Å². The van der Waals surface area contributed by atoms with Crippen LogP contribution in [0.15, 0.2) is 0 Å². The Morgan fingerprint density at radius 2 is 0.768 bits per heavy atom. The van der Waals surface area contributed by atoms with Gasteiger partial charge in [0.1, 0.15) is 5.78 Å². The van der Waals surface area contributed by atoms with Crippen LogP contribution in [-0.2, 0) is 19.2 Å². The number of amides is 3. The van der Waals surface area contributed by atoms with Gasteiger partial charge in [0, 0.05) is 101 Å². The topological polar surface area (TPSA) is 153 Å². The zero-order chi connectivity index (χ0) is 52.3. The van der Waals surface area contributed by atoms with Crippen molar-refractivity contribution >= 4 is 24.5 Å². The van der Waals surface area contributed by atoms with E-state index in [1.807, 2.05) is 9.80 Å². The Labute approximate surface area is 422 Å². The lowest BCUT2D eigenvalue weighted by Crippen LogP contribution is -2.63. The molecule has 0 aromatic heterocycles. The lowest BCUT2D eigenvalue weighted by molar-refractivity contribution is -0.134. The second-order valence-corrected chi connectivity index (χ2v) is 27.4. The Balaban J connectivity index is 0.000000369. The minimum Gasteiger partial charge on any atom is -0.342 e. The summed E-state index contributed by atoms with van der Waals surface area (Å²) in [7, 11) is 2.25. The maximum Gasteiger partial charge on any atom is 0.236 e. The number of hydrogen-bond acceptors (Lipinski definition) is 11. The van der Waals surface area contributed by atoms with E-state index in [0.717, 1.165) is 122 Å².